The molecule has 0 unspecified atom stereocenters. The minimum atomic E-state index is -0.840. The number of aryl methyl sites for hydroxylation is 1. The molecule has 0 amide bonds. The van der Waals surface area contributed by atoms with Crippen molar-refractivity contribution in [1.29, 1.82) is 0 Å². The molecule has 7 nitrogen and oxygen atoms in total. The van der Waals surface area contributed by atoms with Gasteiger partial charge in [0.15, 0.2) is 0 Å². The van der Waals surface area contributed by atoms with Gasteiger partial charge in [0.05, 0.1) is 33.0 Å². The Balaban J connectivity index is 1.48. The van der Waals surface area contributed by atoms with Gasteiger partial charge in [-0.1, -0.05) is 19.3 Å². The summed E-state index contributed by atoms with van der Waals surface area (Å²) in [5, 5.41) is 14.6. The van der Waals surface area contributed by atoms with E-state index in [1.807, 2.05) is 13.0 Å². The van der Waals surface area contributed by atoms with Crippen LogP contribution < -0.4 is 5.32 Å². The Hall–Kier alpha value is -3.65. The van der Waals surface area contributed by atoms with E-state index in [0.717, 1.165) is 69.8 Å². The van der Waals surface area contributed by atoms with Crippen molar-refractivity contribution < 1.29 is 9.90 Å². The van der Waals surface area contributed by atoms with Gasteiger partial charge in [0.2, 0.25) is 0 Å². The Bertz CT molecular complexity index is 1650. The Morgan fingerprint density at radius 2 is 1.97 bits per heavy atom. The molecule has 1 aliphatic carbocycles. The molecular formula is C28H27N5O2S. The second kappa shape index (κ2) is 8.20. The summed E-state index contributed by atoms with van der Waals surface area (Å²) in [6.07, 6.45) is 9.53. The maximum Gasteiger partial charge on any atom is 0.345 e. The number of carboxylic acid groups (broad SMARTS) is 1. The van der Waals surface area contributed by atoms with Crippen LogP contribution in [-0.4, -0.2) is 37.1 Å². The lowest BCUT2D eigenvalue weighted by molar-refractivity contribution is 0.0702. The number of anilines is 1. The number of nitrogens with zero attached hydrogens (tertiary/aromatic N) is 3. The quantitative estimate of drug-likeness (QED) is 0.255. The summed E-state index contributed by atoms with van der Waals surface area (Å²) < 4.78 is 3.53. The van der Waals surface area contributed by atoms with Crippen molar-refractivity contribution in [3.05, 3.63) is 52.8 Å². The first-order valence-electron chi connectivity index (χ1n) is 12.7. The minimum Gasteiger partial charge on any atom is -0.477 e. The second-order valence-corrected chi connectivity index (χ2v) is 11.0. The minimum absolute atomic E-state index is 0.426. The van der Waals surface area contributed by atoms with Crippen molar-refractivity contribution in [2.24, 2.45) is 0 Å². The first-order chi connectivity index (χ1) is 17.6. The third-order valence-electron chi connectivity index (χ3n) is 7.83. The van der Waals surface area contributed by atoms with Crippen LogP contribution in [-0.2, 0) is 6.54 Å². The fourth-order valence-corrected chi connectivity index (χ4v) is 7.36. The van der Waals surface area contributed by atoms with Crippen molar-refractivity contribution in [3.8, 4) is 22.6 Å². The number of carbonyl (C=O) groups is 1. The number of nitrogens with one attached hydrogen (secondary N) is 2. The van der Waals surface area contributed by atoms with E-state index in [4.69, 9.17) is 0 Å². The highest BCUT2D eigenvalue weighted by Gasteiger charge is 2.31. The van der Waals surface area contributed by atoms with Crippen molar-refractivity contribution in [2.75, 3.05) is 11.9 Å². The van der Waals surface area contributed by atoms with Gasteiger partial charge in [-0.3, -0.25) is 9.97 Å². The third kappa shape index (κ3) is 3.20. The zero-order valence-corrected chi connectivity index (χ0v) is 20.9. The van der Waals surface area contributed by atoms with Crippen LogP contribution in [0.2, 0.25) is 0 Å². The highest BCUT2D eigenvalue weighted by Crippen LogP contribution is 2.50. The molecule has 0 radical (unpaired) electrons. The number of aromatic amines is 1. The van der Waals surface area contributed by atoms with Crippen LogP contribution in [0.25, 0.3) is 43.8 Å². The highest BCUT2D eigenvalue weighted by atomic mass is 32.1. The highest BCUT2D eigenvalue weighted by molar-refractivity contribution is 7.21. The van der Waals surface area contributed by atoms with E-state index >= 15 is 0 Å². The molecule has 36 heavy (non-hydrogen) atoms. The molecule has 1 aliphatic heterocycles. The molecule has 0 spiro atoms. The molecule has 2 aliphatic rings. The molecule has 5 heterocycles. The van der Waals surface area contributed by atoms with Gasteiger partial charge in [-0.2, -0.15) is 0 Å². The molecule has 8 heteroatoms. The maximum absolute atomic E-state index is 11.9. The van der Waals surface area contributed by atoms with Gasteiger partial charge in [-0.15, -0.1) is 11.3 Å². The van der Waals surface area contributed by atoms with Gasteiger partial charge < -0.3 is 20.0 Å². The van der Waals surface area contributed by atoms with Crippen molar-refractivity contribution in [1.82, 2.24) is 19.5 Å². The molecule has 4 aromatic heterocycles. The van der Waals surface area contributed by atoms with Crippen LogP contribution in [0.4, 0.5) is 5.69 Å². The van der Waals surface area contributed by atoms with Crippen LogP contribution >= 0.6 is 11.3 Å². The average molecular weight is 498 g/mol. The SMILES string of the molecule is Cc1nccnc1-c1cc2c3c(ccc2[nH]1)-c1c(C2CCCCC2)c2sc(C(=O)O)cc2n1CCN3. The van der Waals surface area contributed by atoms with E-state index in [-0.39, 0.29) is 0 Å². The summed E-state index contributed by atoms with van der Waals surface area (Å²) in [6, 6.07) is 8.45. The van der Waals surface area contributed by atoms with E-state index < -0.39 is 5.97 Å². The zero-order chi connectivity index (χ0) is 24.4. The molecule has 3 N–H and O–H groups in total. The normalized spacial score (nSPS) is 16.0. The molecule has 0 bridgehead atoms. The average Bonchev–Trinajstić information content (AvgIpc) is 3.55. The summed E-state index contributed by atoms with van der Waals surface area (Å²) in [5.74, 6) is -0.378. The predicted molar refractivity (Wildman–Crippen MR) is 144 cm³/mol. The molecule has 0 saturated heterocycles. The standard InChI is InChI=1S/C28H27N5O2S/c1-15-24(30-10-9-29-15)20-13-18-19(32-20)8-7-17-25(18)31-11-12-33-21-14-22(28(34)35)36-27(21)23(26(17)33)16-5-3-2-4-6-16/h7-10,13-14,16,31-32H,2-6,11-12H2,1H3,(H,34,35). The van der Waals surface area contributed by atoms with Gasteiger partial charge in [0.1, 0.15) is 10.6 Å². The van der Waals surface area contributed by atoms with Crippen molar-refractivity contribution in [2.45, 2.75) is 51.5 Å². The summed E-state index contributed by atoms with van der Waals surface area (Å²) in [5.41, 5.74) is 9.80. The molecule has 0 atom stereocenters. The van der Waals surface area contributed by atoms with E-state index in [1.165, 1.54) is 47.4 Å². The first kappa shape index (κ1) is 21.6. The Morgan fingerprint density at radius 3 is 2.78 bits per heavy atom. The van der Waals surface area contributed by atoms with Crippen LogP contribution in [0.5, 0.6) is 0 Å². The molecule has 182 valence electrons. The van der Waals surface area contributed by atoms with Gasteiger partial charge in [-0.25, -0.2) is 4.79 Å². The molecule has 1 aromatic carbocycles. The largest absolute Gasteiger partial charge is 0.477 e. The van der Waals surface area contributed by atoms with Crippen molar-refractivity contribution >= 4 is 44.1 Å². The summed E-state index contributed by atoms with van der Waals surface area (Å²) in [6.45, 7) is 3.55. The number of thiophene rings is 1. The van der Waals surface area contributed by atoms with E-state index in [0.29, 0.717) is 10.8 Å². The van der Waals surface area contributed by atoms with Crippen LogP contribution in [0.1, 0.15) is 59.0 Å². The summed E-state index contributed by atoms with van der Waals surface area (Å²) in [7, 11) is 0. The number of benzene rings is 1. The van der Waals surface area contributed by atoms with E-state index in [2.05, 4.69) is 43.0 Å². The lowest BCUT2D eigenvalue weighted by atomic mass is 9.83. The number of aromatic carboxylic acids is 1. The summed E-state index contributed by atoms with van der Waals surface area (Å²) >= 11 is 1.45. The first-order valence-corrected chi connectivity index (χ1v) is 13.5. The monoisotopic (exact) mass is 497 g/mol. The zero-order valence-electron chi connectivity index (χ0n) is 20.1. The lowest BCUT2D eigenvalue weighted by Gasteiger charge is -2.23. The number of fused-ring (bicyclic) bond motifs is 7. The third-order valence-corrected chi connectivity index (χ3v) is 8.97. The maximum atomic E-state index is 11.9. The molecule has 1 fully saturated rings. The molecule has 7 rings (SSSR count). The fraction of sp³-hybridized carbons (Fsp3) is 0.321. The number of H-pyrrole nitrogens is 1. The van der Waals surface area contributed by atoms with E-state index in [9.17, 15) is 9.90 Å². The van der Waals surface area contributed by atoms with Gasteiger partial charge in [0, 0.05) is 41.9 Å². The van der Waals surface area contributed by atoms with E-state index in [1.54, 1.807) is 12.4 Å². The number of hydrogen-bond acceptors (Lipinski definition) is 5. The lowest BCUT2D eigenvalue weighted by Crippen LogP contribution is -2.08. The van der Waals surface area contributed by atoms with Crippen LogP contribution in [0.15, 0.2) is 36.7 Å². The topological polar surface area (TPSA) is 95.8 Å². The van der Waals surface area contributed by atoms with Crippen molar-refractivity contribution in [3.63, 3.8) is 0 Å². The van der Waals surface area contributed by atoms with Crippen LogP contribution in [0, 0.1) is 6.92 Å². The number of rotatable bonds is 3. The molecule has 1 saturated carbocycles. The predicted octanol–water partition coefficient (Wildman–Crippen LogP) is 6.79. The number of carboxylic acids is 1. The second-order valence-electron chi connectivity index (χ2n) is 9.93. The van der Waals surface area contributed by atoms with Gasteiger partial charge >= 0.3 is 5.97 Å². The fourth-order valence-electron chi connectivity index (χ4n) is 6.23. The Kier molecular flexibility index (Phi) is 4.92. The Labute approximate surface area is 212 Å². The smallest absolute Gasteiger partial charge is 0.345 e. The van der Waals surface area contributed by atoms with Gasteiger partial charge in [-0.05, 0) is 55.5 Å². The number of hydrogen-bond donors (Lipinski definition) is 3. The molecule has 5 aromatic rings. The van der Waals surface area contributed by atoms with Crippen LogP contribution in [0.3, 0.4) is 0 Å². The summed E-state index contributed by atoms with van der Waals surface area (Å²) in [4.78, 5) is 24.8. The van der Waals surface area contributed by atoms with Gasteiger partial charge in [0.25, 0.3) is 0 Å². The Morgan fingerprint density at radius 1 is 1.14 bits per heavy atom. The molecular weight excluding hydrogens is 470 g/mol. The number of aromatic nitrogens is 4.